The van der Waals surface area contributed by atoms with E-state index < -0.39 is 0 Å². The fraction of sp³-hybridized carbons (Fsp3) is 0.407. The Morgan fingerprint density at radius 2 is 1.64 bits per heavy atom. The van der Waals surface area contributed by atoms with Crippen LogP contribution in [0.25, 0.3) is 0 Å². The van der Waals surface area contributed by atoms with Gasteiger partial charge in [0.15, 0.2) is 0 Å². The largest absolute Gasteiger partial charge is 0.494 e. The molecule has 28 heavy (non-hydrogen) atoms. The Labute approximate surface area is 170 Å². The lowest BCUT2D eigenvalue weighted by atomic mass is 9.78. The molecule has 0 spiro atoms. The van der Waals surface area contributed by atoms with Gasteiger partial charge in [0, 0.05) is 5.56 Å². The number of rotatable bonds is 6. The molecule has 0 bridgehead atoms. The number of hydrogen-bond donors (Lipinski definition) is 0. The van der Waals surface area contributed by atoms with Crippen LogP contribution in [0.1, 0.15) is 68.6 Å². The van der Waals surface area contributed by atoms with Crippen LogP contribution in [0.15, 0.2) is 60.7 Å². The summed E-state index contributed by atoms with van der Waals surface area (Å²) < 4.78 is 5.46. The molecule has 0 amide bonds. The first-order chi connectivity index (χ1) is 13.8. The van der Waals surface area contributed by atoms with Gasteiger partial charge in [0.1, 0.15) is 5.75 Å². The van der Waals surface area contributed by atoms with Crippen LogP contribution in [0, 0.1) is 17.8 Å². The fourth-order valence-corrected chi connectivity index (χ4v) is 4.00. The topological polar surface area (TPSA) is 9.23 Å². The Morgan fingerprint density at radius 1 is 0.929 bits per heavy atom. The Hall–Kier alpha value is -2.46. The summed E-state index contributed by atoms with van der Waals surface area (Å²) in [6, 6.07) is 17.3. The van der Waals surface area contributed by atoms with E-state index in [0.29, 0.717) is 12.5 Å². The summed E-state index contributed by atoms with van der Waals surface area (Å²) in [4.78, 5) is 0. The molecule has 0 atom stereocenters. The van der Waals surface area contributed by atoms with Crippen molar-refractivity contribution >= 4 is 0 Å². The second-order valence-electron chi connectivity index (χ2n) is 7.69. The highest BCUT2D eigenvalue weighted by Gasteiger charge is 2.20. The van der Waals surface area contributed by atoms with Crippen molar-refractivity contribution in [3.8, 4) is 17.6 Å². The van der Waals surface area contributed by atoms with Crippen LogP contribution in [0.4, 0.5) is 0 Å². The smallest absolute Gasteiger partial charge is 0.119 e. The molecule has 0 aromatic heterocycles. The Balaban J connectivity index is 1.46. The molecular weight excluding hydrogens is 340 g/mol. The lowest BCUT2D eigenvalue weighted by Gasteiger charge is -2.27. The first kappa shape index (κ1) is 20.3. The van der Waals surface area contributed by atoms with E-state index in [1.165, 1.54) is 49.7 Å². The zero-order valence-corrected chi connectivity index (χ0v) is 17.3. The van der Waals surface area contributed by atoms with Crippen LogP contribution in [0.2, 0.25) is 0 Å². The van der Waals surface area contributed by atoms with E-state index in [1.807, 2.05) is 37.3 Å². The second-order valence-corrected chi connectivity index (χ2v) is 7.69. The molecule has 3 rings (SSSR count). The Kier molecular flexibility index (Phi) is 7.80. The van der Waals surface area contributed by atoms with Crippen molar-refractivity contribution in [2.45, 2.75) is 58.3 Å². The number of allylic oxidation sites excluding steroid dienone is 2. The average Bonchev–Trinajstić information content (AvgIpc) is 2.74. The highest BCUT2D eigenvalue weighted by atomic mass is 16.5. The lowest BCUT2D eigenvalue weighted by molar-refractivity contribution is 0.340. The number of aryl methyl sites for hydroxylation is 1. The summed E-state index contributed by atoms with van der Waals surface area (Å²) >= 11 is 0. The Morgan fingerprint density at radius 3 is 2.29 bits per heavy atom. The predicted molar refractivity (Wildman–Crippen MR) is 119 cm³/mol. The molecule has 2 aromatic carbocycles. The molecule has 0 N–H and O–H groups in total. The van der Waals surface area contributed by atoms with E-state index in [9.17, 15) is 0 Å². The average molecular weight is 373 g/mol. The van der Waals surface area contributed by atoms with Gasteiger partial charge in [0.05, 0.1) is 6.61 Å². The molecule has 0 radical (unpaired) electrons. The summed E-state index contributed by atoms with van der Waals surface area (Å²) in [5, 5.41) is 0. The van der Waals surface area contributed by atoms with Gasteiger partial charge in [-0.1, -0.05) is 55.5 Å². The fourth-order valence-electron chi connectivity index (χ4n) is 4.00. The minimum atomic E-state index is 0.672. The normalized spacial score (nSPS) is 19.2. The van der Waals surface area contributed by atoms with Gasteiger partial charge in [-0.25, -0.2) is 0 Å². The molecule has 0 unspecified atom stereocenters. The highest BCUT2D eigenvalue weighted by molar-refractivity contribution is 5.40. The summed E-state index contributed by atoms with van der Waals surface area (Å²) in [6.07, 6.45) is 11.9. The van der Waals surface area contributed by atoms with Crippen LogP contribution < -0.4 is 4.74 Å². The van der Waals surface area contributed by atoms with Gasteiger partial charge in [-0.15, -0.1) is 0 Å². The van der Waals surface area contributed by atoms with Crippen molar-refractivity contribution in [3.63, 3.8) is 0 Å². The molecule has 146 valence electrons. The van der Waals surface area contributed by atoms with Gasteiger partial charge in [-0.2, -0.15) is 0 Å². The molecule has 1 saturated carbocycles. The summed E-state index contributed by atoms with van der Waals surface area (Å²) in [5.74, 6) is 8.71. The maximum absolute atomic E-state index is 5.46. The van der Waals surface area contributed by atoms with Gasteiger partial charge >= 0.3 is 0 Å². The Bertz CT molecular complexity index is 794. The molecule has 1 aliphatic carbocycles. The zero-order chi connectivity index (χ0) is 19.6. The maximum atomic E-state index is 5.46. The van der Waals surface area contributed by atoms with Crippen molar-refractivity contribution in [1.29, 1.82) is 0 Å². The lowest BCUT2D eigenvalue weighted by Crippen LogP contribution is -2.11. The van der Waals surface area contributed by atoms with E-state index in [2.05, 4.69) is 49.1 Å². The van der Waals surface area contributed by atoms with Crippen LogP contribution in [-0.2, 0) is 6.42 Å². The van der Waals surface area contributed by atoms with E-state index in [1.54, 1.807) is 0 Å². The minimum Gasteiger partial charge on any atom is -0.494 e. The molecule has 1 heteroatoms. The molecule has 1 fully saturated rings. The van der Waals surface area contributed by atoms with Crippen LogP contribution in [0.5, 0.6) is 5.75 Å². The van der Waals surface area contributed by atoms with E-state index in [4.69, 9.17) is 4.74 Å². The predicted octanol–water partition coefficient (Wildman–Crippen LogP) is 6.92. The van der Waals surface area contributed by atoms with Crippen LogP contribution in [-0.4, -0.2) is 6.61 Å². The van der Waals surface area contributed by atoms with Crippen molar-refractivity contribution in [2.75, 3.05) is 6.61 Å². The zero-order valence-electron chi connectivity index (χ0n) is 17.3. The number of hydrogen-bond acceptors (Lipinski definition) is 1. The minimum absolute atomic E-state index is 0.672. The van der Waals surface area contributed by atoms with Gasteiger partial charge in [0.25, 0.3) is 0 Å². The van der Waals surface area contributed by atoms with Crippen molar-refractivity contribution in [1.82, 2.24) is 0 Å². The van der Waals surface area contributed by atoms with Crippen molar-refractivity contribution in [2.24, 2.45) is 5.92 Å². The third-order valence-electron chi connectivity index (χ3n) is 5.60. The molecule has 0 aliphatic heterocycles. The quantitative estimate of drug-likeness (QED) is 0.500. The third kappa shape index (κ3) is 6.03. The van der Waals surface area contributed by atoms with Crippen molar-refractivity contribution < 1.29 is 4.74 Å². The monoisotopic (exact) mass is 372 g/mol. The van der Waals surface area contributed by atoms with Gasteiger partial charge in [-0.05, 0) is 92.3 Å². The van der Waals surface area contributed by atoms with Gasteiger partial charge in [0.2, 0.25) is 0 Å². The van der Waals surface area contributed by atoms with E-state index in [-0.39, 0.29) is 0 Å². The highest BCUT2D eigenvalue weighted by Crippen LogP contribution is 2.36. The van der Waals surface area contributed by atoms with Crippen molar-refractivity contribution in [3.05, 3.63) is 77.4 Å². The second kappa shape index (κ2) is 10.8. The molecule has 2 aromatic rings. The number of ether oxygens (including phenoxy) is 1. The van der Waals surface area contributed by atoms with E-state index >= 15 is 0 Å². The standard InChI is InChI=1S/C27H32O/c1-3-7-22-10-16-25(17-11-22)26-18-12-23(13-19-26)8-5-6-9-24-14-20-27(21-15-24)28-4-2/h5,8,10-11,14-17,20-21,23,26H,3-4,7,12-13,18-19H2,1-2H3/t23-,26-. The molecule has 1 nitrogen and oxygen atoms in total. The van der Waals surface area contributed by atoms with Crippen LogP contribution in [0.3, 0.4) is 0 Å². The summed E-state index contributed by atoms with van der Waals surface area (Å²) in [6.45, 7) is 4.93. The maximum Gasteiger partial charge on any atom is 0.119 e. The first-order valence-corrected chi connectivity index (χ1v) is 10.8. The van der Waals surface area contributed by atoms with Crippen LogP contribution >= 0.6 is 0 Å². The van der Waals surface area contributed by atoms with Gasteiger partial charge in [-0.3, -0.25) is 0 Å². The summed E-state index contributed by atoms with van der Waals surface area (Å²) in [7, 11) is 0. The number of benzene rings is 2. The summed E-state index contributed by atoms with van der Waals surface area (Å²) in [5.41, 5.74) is 4.02. The molecule has 0 saturated heterocycles. The van der Waals surface area contributed by atoms with E-state index in [0.717, 1.165) is 17.2 Å². The SMILES string of the molecule is CCCc1ccc([C@H]2CC[C@H](C=CC#Cc3ccc(OCC)cc3)CC2)cc1. The molecule has 1 aliphatic rings. The van der Waals surface area contributed by atoms with Gasteiger partial charge < -0.3 is 4.74 Å². The molecular formula is C27H32O. The third-order valence-corrected chi connectivity index (χ3v) is 5.60. The molecule has 0 heterocycles. The first-order valence-electron chi connectivity index (χ1n) is 10.8.